The minimum atomic E-state index is -0.182. The summed E-state index contributed by atoms with van der Waals surface area (Å²) in [5.41, 5.74) is 6.25. The molecule has 3 rings (SSSR count). The predicted octanol–water partition coefficient (Wildman–Crippen LogP) is 7.10. The van der Waals surface area contributed by atoms with E-state index in [4.69, 9.17) is 27.9 Å². The second kappa shape index (κ2) is 11.1. The summed E-state index contributed by atoms with van der Waals surface area (Å²) >= 11 is 19.2. The highest BCUT2D eigenvalue weighted by atomic mass is 79.9. The molecule has 0 fully saturated rings. The number of aryl methyl sites for hydroxylation is 1. The molecule has 3 aromatic rings. The molecule has 0 aliphatic rings. The van der Waals surface area contributed by atoms with Gasteiger partial charge in [0, 0.05) is 15.6 Å². The quantitative estimate of drug-likeness (QED) is 0.238. The predicted molar refractivity (Wildman–Crippen MR) is 133 cm³/mol. The third-order valence-electron chi connectivity index (χ3n) is 4.30. The van der Waals surface area contributed by atoms with Crippen LogP contribution in [0.2, 0.25) is 10.0 Å². The molecule has 0 bridgehead atoms. The first-order valence-electron chi connectivity index (χ1n) is 9.25. The van der Waals surface area contributed by atoms with Gasteiger partial charge in [-0.15, -0.1) is 0 Å². The van der Waals surface area contributed by atoms with Crippen LogP contribution in [0.25, 0.3) is 0 Å². The van der Waals surface area contributed by atoms with Crippen LogP contribution in [-0.2, 0) is 17.8 Å². The zero-order valence-corrected chi connectivity index (χ0v) is 21.1. The summed E-state index contributed by atoms with van der Waals surface area (Å²) in [4.78, 5) is 12.1. The average Bonchev–Trinajstić information content (AvgIpc) is 2.70. The fourth-order valence-electron chi connectivity index (χ4n) is 2.69. The zero-order chi connectivity index (χ0) is 22.4. The van der Waals surface area contributed by atoms with Gasteiger partial charge in [0.05, 0.1) is 21.6 Å². The first kappa shape index (κ1) is 23.8. The van der Waals surface area contributed by atoms with Crippen LogP contribution < -0.4 is 10.2 Å². The van der Waals surface area contributed by atoms with Gasteiger partial charge >= 0.3 is 0 Å². The number of benzene rings is 3. The Morgan fingerprint density at radius 2 is 1.74 bits per heavy atom. The van der Waals surface area contributed by atoms with Crippen LogP contribution in [0, 0.1) is 6.92 Å². The molecule has 3 aromatic carbocycles. The van der Waals surface area contributed by atoms with Crippen molar-refractivity contribution < 1.29 is 9.53 Å². The number of carbonyl (C=O) groups is 1. The standard InChI is InChI=1S/C23H18Br2Cl2N2O2/c1-14-2-4-15(5-3-14)10-22(30)29-28-12-16-8-19(24)23(20(25)9-16)31-13-17-6-7-18(26)11-21(17)27/h2-9,11-12H,10,13H2,1H3,(H,29,30)/b28-12+. The lowest BCUT2D eigenvalue weighted by atomic mass is 10.1. The lowest BCUT2D eigenvalue weighted by Gasteiger charge is -2.12. The van der Waals surface area contributed by atoms with E-state index in [-0.39, 0.29) is 18.9 Å². The monoisotopic (exact) mass is 582 g/mol. The lowest BCUT2D eigenvalue weighted by molar-refractivity contribution is -0.120. The fourth-order valence-corrected chi connectivity index (χ4v) is 4.60. The molecule has 0 radical (unpaired) electrons. The molecule has 1 amide bonds. The first-order valence-corrected chi connectivity index (χ1v) is 11.6. The highest BCUT2D eigenvalue weighted by Gasteiger charge is 2.10. The Morgan fingerprint density at radius 3 is 2.39 bits per heavy atom. The number of hydrogen-bond acceptors (Lipinski definition) is 3. The number of amides is 1. The van der Waals surface area contributed by atoms with E-state index in [0.29, 0.717) is 15.8 Å². The highest BCUT2D eigenvalue weighted by molar-refractivity contribution is 9.11. The molecule has 8 heteroatoms. The van der Waals surface area contributed by atoms with Gasteiger partial charge in [-0.25, -0.2) is 5.43 Å². The molecule has 0 aliphatic heterocycles. The van der Waals surface area contributed by atoms with E-state index in [1.54, 1.807) is 18.3 Å². The number of ether oxygens (including phenoxy) is 1. The van der Waals surface area contributed by atoms with E-state index in [1.165, 1.54) is 0 Å². The molecule has 31 heavy (non-hydrogen) atoms. The number of carbonyl (C=O) groups excluding carboxylic acids is 1. The maximum atomic E-state index is 12.1. The van der Waals surface area contributed by atoms with Crippen LogP contribution >= 0.6 is 55.1 Å². The first-order chi connectivity index (χ1) is 14.8. The summed E-state index contributed by atoms with van der Waals surface area (Å²) in [5, 5.41) is 5.16. The Bertz CT molecular complexity index is 1100. The number of nitrogens with zero attached hydrogens (tertiary/aromatic N) is 1. The number of hydrogen-bond donors (Lipinski definition) is 1. The van der Waals surface area contributed by atoms with Gasteiger partial charge in [-0.1, -0.05) is 59.1 Å². The van der Waals surface area contributed by atoms with E-state index in [0.717, 1.165) is 31.2 Å². The molecule has 0 unspecified atom stereocenters. The largest absolute Gasteiger partial charge is 0.486 e. The van der Waals surface area contributed by atoms with Crippen LogP contribution in [0.4, 0.5) is 0 Å². The second-order valence-electron chi connectivity index (χ2n) is 6.79. The van der Waals surface area contributed by atoms with Crippen molar-refractivity contribution in [2.75, 3.05) is 0 Å². The van der Waals surface area contributed by atoms with Gasteiger partial charge in [0.25, 0.3) is 0 Å². The molecule has 160 valence electrons. The van der Waals surface area contributed by atoms with Crippen molar-refractivity contribution in [2.24, 2.45) is 5.10 Å². The van der Waals surface area contributed by atoms with Crippen molar-refractivity contribution in [3.8, 4) is 5.75 Å². The van der Waals surface area contributed by atoms with E-state index < -0.39 is 0 Å². The molecule has 0 saturated carbocycles. The molecule has 0 saturated heterocycles. The summed E-state index contributed by atoms with van der Waals surface area (Å²) < 4.78 is 7.38. The van der Waals surface area contributed by atoms with Crippen molar-refractivity contribution in [1.82, 2.24) is 5.43 Å². The van der Waals surface area contributed by atoms with Crippen molar-refractivity contribution in [3.63, 3.8) is 0 Å². The molecule has 0 aliphatic carbocycles. The highest BCUT2D eigenvalue weighted by Crippen LogP contribution is 2.35. The Labute approximate surface area is 207 Å². The number of rotatable bonds is 7. The smallest absolute Gasteiger partial charge is 0.244 e. The third kappa shape index (κ3) is 7.07. The van der Waals surface area contributed by atoms with Crippen LogP contribution in [0.1, 0.15) is 22.3 Å². The summed E-state index contributed by atoms with van der Waals surface area (Å²) in [6.07, 6.45) is 1.84. The normalized spacial score (nSPS) is 11.0. The zero-order valence-electron chi connectivity index (χ0n) is 16.5. The van der Waals surface area contributed by atoms with Crippen molar-refractivity contribution in [1.29, 1.82) is 0 Å². The van der Waals surface area contributed by atoms with Gasteiger partial charge in [0.2, 0.25) is 5.91 Å². The molecule has 1 N–H and O–H groups in total. The molecular formula is C23H18Br2Cl2N2O2. The second-order valence-corrected chi connectivity index (χ2v) is 9.35. The summed E-state index contributed by atoms with van der Waals surface area (Å²) in [6.45, 7) is 2.29. The minimum Gasteiger partial charge on any atom is -0.486 e. The summed E-state index contributed by atoms with van der Waals surface area (Å²) in [6, 6.07) is 16.8. The summed E-state index contributed by atoms with van der Waals surface area (Å²) in [5.74, 6) is 0.449. The van der Waals surface area contributed by atoms with Crippen LogP contribution in [0.15, 0.2) is 68.6 Å². The topological polar surface area (TPSA) is 50.7 Å². The molecule has 0 aromatic heterocycles. The van der Waals surface area contributed by atoms with E-state index in [1.807, 2.05) is 49.4 Å². The maximum absolute atomic E-state index is 12.1. The maximum Gasteiger partial charge on any atom is 0.244 e. The van der Waals surface area contributed by atoms with E-state index in [9.17, 15) is 4.79 Å². The Hall–Kier alpha value is -1.86. The van der Waals surface area contributed by atoms with Gasteiger partial charge in [-0.3, -0.25) is 4.79 Å². The van der Waals surface area contributed by atoms with Gasteiger partial charge in [-0.05, 0) is 74.2 Å². The van der Waals surface area contributed by atoms with Gasteiger partial charge in [0.15, 0.2) is 0 Å². The van der Waals surface area contributed by atoms with Crippen LogP contribution in [0.3, 0.4) is 0 Å². The fraction of sp³-hybridized carbons (Fsp3) is 0.130. The molecule has 4 nitrogen and oxygen atoms in total. The molecule has 0 atom stereocenters. The van der Waals surface area contributed by atoms with Crippen molar-refractivity contribution >= 4 is 67.2 Å². The van der Waals surface area contributed by atoms with Crippen LogP contribution in [-0.4, -0.2) is 12.1 Å². The Morgan fingerprint density at radius 1 is 1.06 bits per heavy atom. The Balaban J connectivity index is 1.60. The van der Waals surface area contributed by atoms with Gasteiger partial charge in [-0.2, -0.15) is 5.10 Å². The average molecular weight is 585 g/mol. The molecular weight excluding hydrogens is 567 g/mol. The molecule has 0 spiro atoms. The van der Waals surface area contributed by atoms with Crippen molar-refractivity contribution in [2.45, 2.75) is 20.0 Å². The van der Waals surface area contributed by atoms with Gasteiger partial charge in [0.1, 0.15) is 12.4 Å². The van der Waals surface area contributed by atoms with E-state index >= 15 is 0 Å². The van der Waals surface area contributed by atoms with Gasteiger partial charge < -0.3 is 4.74 Å². The van der Waals surface area contributed by atoms with Crippen LogP contribution in [0.5, 0.6) is 5.75 Å². The SMILES string of the molecule is Cc1ccc(CC(=O)N/N=C/c2cc(Br)c(OCc3ccc(Cl)cc3Cl)c(Br)c2)cc1. The lowest BCUT2D eigenvalue weighted by Crippen LogP contribution is -2.19. The summed E-state index contributed by atoms with van der Waals surface area (Å²) in [7, 11) is 0. The number of halogens is 4. The van der Waals surface area contributed by atoms with E-state index in [2.05, 4.69) is 42.4 Å². The minimum absolute atomic E-state index is 0.182. The van der Waals surface area contributed by atoms with Crippen molar-refractivity contribution in [3.05, 3.63) is 95.8 Å². The molecule has 0 heterocycles. The third-order valence-corrected chi connectivity index (χ3v) is 6.06. The Kier molecular flexibility index (Phi) is 8.55. The number of nitrogens with one attached hydrogen (secondary N) is 1. The number of hydrazone groups is 1.